The van der Waals surface area contributed by atoms with Crippen molar-refractivity contribution in [2.75, 3.05) is 25.5 Å². The molecule has 0 radical (unpaired) electrons. The minimum absolute atomic E-state index is 0.0328. The Labute approximate surface area is 146 Å². The fourth-order valence-corrected chi connectivity index (χ4v) is 3.09. The van der Waals surface area contributed by atoms with Crippen LogP contribution < -0.4 is 5.32 Å². The molecule has 0 spiro atoms. The molecule has 2 aromatic rings. The van der Waals surface area contributed by atoms with Crippen molar-refractivity contribution < 1.29 is 14.0 Å². The zero-order valence-corrected chi connectivity index (χ0v) is 14.2. The van der Waals surface area contributed by atoms with Gasteiger partial charge < -0.3 is 10.2 Å². The van der Waals surface area contributed by atoms with Crippen molar-refractivity contribution in [3.63, 3.8) is 0 Å². The first-order valence-electron chi connectivity index (χ1n) is 8.42. The lowest BCUT2D eigenvalue weighted by Crippen LogP contribution is -2.33. The van der Waals surface area contributed by atoms with E-state index in [-0.39, 0.29) is 17.3 Å². The quantitative estimate of drug-likeness (QED) is 0.865. The van der Waals surface area contributed by atoms with Crippen molar-refractivity contribution in [1.82, 2.24) is 4.90 Å². The van der Waals surface area contributed by atoms with Crippen molar-refractivity contribution in [2.24, 2.45) is 5.92 Å². The third-order valence-corrected chi connectivity index (χ3v) is 4.58. The average Bonchev–Trinajstić information content (AvgIpc) is 2.62. The van der Waals surface area contributed by atoms with E-state index in [4.69, 9.17) is 0 Å². The topological polar surface area (TPSA) is 49.4 Å². The number of nitrogens with one attached hydrogen (secondary N) is 1. The highest BCUT2D eigenvalue weighted by molar-refractivity contribution is 6.05. The first-order chi connectivity index (χ1) is 12.0. The van der Waals surface area contributed by atoms with E-state index in [2.05, 4.69) is 17.3 Å². The van der Waals surface area contributed by atoms with Gasteiger partial charge in [0.2, 0.25) is 0 Å². The summed E-state index contributed by atoms with van der Waals surface area (Å²) >= 11 is 0. The van der Waals surface area contributed by atoms with Crippen LogP contribution in [0.15, 0.2) is 48.5 Å². The summed E-state index contributed by atoms with van der Waals surface area (Å²) in [7, 11) is 2.06. The summed E-state index contributed by atoms with van der Waals surface area (Å²) in [6, 6.07) is 12.5. The smallest absolute Gasteiger partial charge is 0.255 e. The van der Waals surface area contributed by atoms with Crippen LogP contribution >= 0.6 is 0 Å². The van der Waals surface area contributed by atoms with Gasteiger partial charge in [0.25, 0.3) is 5.91 Å². The first-order valence-corrected chi connectivity index (χ1v) is 8.42. The monoisotopic (exact) mass is 340 g/mol. The molecule has 0 aliphatic carbocycles. The average molecular weight is 340 g/mol. The van der Waals surface area contributed by atoms with Crippen LogP contribution in [0.1, 0.15) is 33.6 Å². The second kappa shape index (κ2) is 7.57. The highest BCUT2D eigenvalue weighted by Gasteiger charge is 2.24. The Bertz CT molecular complexity index is 783. The summed E-state index contributed by atoms with van der Waals surface area (Å²) in [6.07, 6.45) is 1.71. The van der Waals surface area contributed by atoms with Gasteiger partial charge in [-0.15, -0.1) is 0 Å². The van der Waals surface area contributed by atoms with Crippen LogP contribution in [0.25, 0.3) is 0 Å². The number of carbonyl (C=O) groups excluding carboxylic acids is 2. The number of piperidine rings is 1. The Morgan fingerprint density at radius 1 is 1.04 bits per heavy atom. The van der Waals surface area contributed by atoms with E-state index in [1.807, 2.05) is 0 Å². The fraction of sp³-hybridized carbons (Fsp3) is 0.300. The SMILES string of the molecule is CN1CCC(C(=O)c2cccc(NC(=O)c3cccc(F)c3)c2)CC1. The summed E-state index contributed by atoms with van der Waals surface area (Å²) < 4.78 is 13.2. The number of amides is 1. The van der Waals surface area contributed by atoms with Crippen molar-refractivity contribution in [3.05, 3.63) is 65.5 Å². The second-order valence-electron chi connectivity index (χ2n) is 6.49. The molecule has 0 atom stereocenters. The normalized spacial score (nSPS) is 15.8. The van der Waals surface area contributed by atoms with Gasteiger partial charge in [-0.25, -0.2) is 4.39 Å². The van der Waals surface area contributed by atoms with Gasteiger partial charge in [-0.05, 0) is 63.3 Å². The Hall–Kier alpha value is -2.53. The first kappa shape index (κ1) is 17.3. The Balaban J connectivity index is 1.71. The lowest BCUT2D eigenvalue weighted by molar-refractivity contribution is 0.0856. The van der Waals surface area contributed by atoms with Gasteiger partial charge in [-0.2, -0.15) is 0 Å². The molecule has 3 rings (SSSR count). The third kappa shape index (κ3) is 4.31. The molecular weight excluding hydrogens is 319 g/mol. The van der Waals surface area contributed by atoms with E-state index in [0.717, 1.165) is 25.9 Å². The summed E-state index contributed by atoms with van der Waals surface area (Å²) in [6.45, 7) is 1.85. The van der Waals surface area contributed by atoms with E-state index in [1.165, 1.54) is 18.2 Å². The van der Waals surface area contributed by atoms with E-state index < -0.39 is 11.7 Å². The molecule has 25 heavy (non-hydrogen) atoms. The molecule has 1 saturated heterocycles. The summed E-state index contributed by atoms with van der Waals surface area (Å²) in [5, 5.41) is 2.72. The van der Waals surface area contributed by atoms with Crippen LogP contribution in [0.5, 0.6) is 0 Å². The molecule has 1 amide bonds. The fourth-order valence-electron chi connectivity index (χ4n) is 3.09. The van der Waals surface area contributed by atoms with Crippen molar-refractivity contribution in [2.45, 2.75) is 12.8 Å². The highest BCUT2D eigenvalue weighted by atomic mass is 19.1. The number of Topliss-reactive ketones (excluding diaryl/α,β-unsaturated/α-hetero) is 1. The molecule has 1 aliphatic heterocycles. The van der Waals surface area contributed by atoms with Crippen molar-refractivity contribution in [3.8, 4) is 0 Å². The minimum Gasteiger partial charge on any atom is -0.322 e. The summed E-state index contributed by atoms with van der Waals surface area (Å²) in [5.41, 5.74) is 1.38. The van der Waals surface area contributed by atoms with Crippen LogP contribution in [0, 0.1) is 11.7 Å². The zero-order chi connectivity index (χ0) is 17.8. The molecule has 1 fully saturated rings. The van der Waals surface area contributed by atoms with Gasteiger partial charge in [-0.1, -0.05) is 18.2 Å². The molecule has 130 valence electrons. The standard InChI is InChI=1S/C20H21FN2O2/c1-23-10-8-14(9-11-23)19(24)15-4-3-7-18(13-15)22-20(25)16-5-2-6-17(21)12-16/h2-7,12-14H,8-11H2,1H3,(H,22,25). The Morgan fingerprint density at radius 2 is 1.72 bits per heavy atom. The highest BCUT2D eigenvalue weighted by Crippen LogP contribution is 2.22. The molecule has 0 bridgehead atoms. The molecule has 0 aromatic heterocycles. The van der Waals surface area contributed by atoms with E-state index in [0.29, 0.717) is 11.3 Å². The van der Waals surface area contributed by atoms with Gasteiger partial charge in [0, 0.05) is 22.7 Å². The molecule has 4 nitrogen and oxygen atoms in total. The third-order valence-electron chi connectivity index (χ3n) is 4.58. The molecule has 0 saturated carbocycles. The molecule has 5 heteroatoms. The molecule has 2 aromatic carbocycles. The van der Waals surface area contributed by atoms with E-state index in [9.17, 15) is 14.0 Å². The predicted octanol–water partition coefficient (Wildman–Crippen LogP) is 3.60. The molecule has 1 N–H and O–H groups in total. The molecule has 1 heterocycles. The predicted molar refractivity (Wildman–Crippen MR) is 95.3 cm³/mol. The second-order valence-corrected chi connectivity index (χ2v) is 6.49. The van der Waals surface area contributed by atoms with Gasteiger partial charge in [0.1, 0.15) is 5.82 Å². The van der Waals surface area contributed by atoms with Crippen LogP contribution in [0.2, 0.25) is 0 Å². The van der Waals surface area contributed by atoms with Gasteiger partial charge in [0.15, 0.2) is 5.78 Å². The van der Waals surface area contributed by atoms with E-state index >= 15 is 0 Å². The number of likely N-dealkylation sites (tertiary alicyclic amines) is 1. The lowest BCUT2D eigenvalue weighted by Gasteiger charge is -2.28. The number of nitrogens with zero attached hydrogens (tertiary/aromatic N) is 1. The maximum Gasteiger partial charge on any atom is 0.255 e. The number of benzene rings is 2. The number of halogens is 1. The summed E-state index contributed by atoms with van der Waals surface area (Å²) in [5.74, 6) is -0.706. The molecule has 0 unspecified atom stereocenters. The van der Waals surface area contributed by atoms with Gasteiger partial charge in [0.05, 0.1) is 0 Å². The van der Waals surface area contributed by atoms with Crippen molar-refractivity contribution >= 4 is 17.4 Å². The van der Waals surface area contributed by atoms with Crippen LogP contribution in [0.3, 0.4) is 0 Å². The number of hydrogen-bond donors (Lipinski definition) is 1. The van der Waals surface area contributed by atoms with Crippen molar-refractivity contribution in [1.29, 1.82) is 0 Å². The number of hydrogen-bond acceptors (Lipinski definition) is 3. The van der Waals surface area contributed by atoms with Gasteiger partial charge in [-0.3, -0.25) is 9.59 Å². The minimum atomic E-state index is -0.459. The lowest BCUT2D eigenvalue weighted by atomic mass is 9.89. The summed E-state index contributed by atoms with van der Waals surface area (Å²) in [4.78, 5) is 27.1. The molecular formula is C20H21FN2O2. The number of anilines is 1. The zero-order valence-electron chi connectivity index (χ0n) is 14.2. The Kier molecular flexibility index (Phi) is 5.24. The van der Waals surface area contributed by atoms with Crippen LogP contribution in [-0.2, 0) is 0 Å². The van der Waals surface area contributed by atoms with Crippen LogP contribution in [-0.4, -0.2) is 36.7 Å². The van der Waals surface area contributed by atoms with Gasteiger partial charge >= 0.3 is 0 Å². The number of carbonyl (C=O) groups is 2. The number of ketones is 1. The molecule has 1 aliphatic rings. The number of rotatable bonds is 4. The Morgan fingerprint density at radius 3 is 2.44 bits per heavy atom. The maximum atomic E-state index is 13.2. The maximum absolute atomic E-state index is 13.2. The van der Waals surface area contributed by atoms with E-state index in [1.54, 1.807) is 30.3 Å². The largest absolute Gasteiger partial charge is 0.322 e. The van der Waals surface area contributed by atoms with Crippen LogP contribution in [0.4, 0.5) is 10.1 Å².